The van der Waals surface area contributed by atoms with Gasteiger partial charge in [0.15, 0.2) is 0 Å². The van der Waals surface area contributed by atoms with Crippen LogP contribution in [0.2, 0.25) is 0 Å². The van der Waals surface area contributed by atoms with Crippen LogP contribution in [0.4, 0.5) is 0 Å². The van der Waals surface area contributed by atoms with E-state index in [-0.39, 0.29) is 17.9 Å². The van der Waals surface area contributed by atoms with E-state index in [1.165, 1.54) is 0 Å². The third-order valence-electron chi connectivity index (χ3n) is 3.66. The van der Waals surface area contributed by atoms with Gasteiger partial charge in [-0.3, -0.25) is 9.59 Å². The molecule has 0 aliphatic carbocycles. The van der Waals surface area contributed by atoms with E-state index in [4.69, 9.17) is 9.47 Å². The minimum absolute atomic E-state index is 0.101. The number of hydrogen-bond acceptors (Lipinski definition) is 4. The fourth-order valence-corrected chi connectivity index (χ4v) is 1.98. The average molecular weight is 314 g/mol. The summed E-state index contributed by atoms with van der Waals surface area (Å²) in [6.07, 6.45) is 4.29. The highest BCUT2D eigenvalue weighted by Gasteiger charge is 2.18. The number of esters is 2. The van der Waals surface area contributed by atoms with Gasteiger partial charge in [0.25, 0.3) is 0 Å². The first-order valence-corrected chi connectivity index (χ1v) is 8.69. The predicted molar refractivity (Wildman–Crippen MR) is 88.5 cm³/mol. The molecule has 0 amide bonds. The monoisotopic (exact) mass is 314 g/mol. The van der Waals surface area contributed by atoms with Crippen molar-refractivity contribution < 1.29 is 19.1 Å². The standard InChI is InChI=1S/C18H34O4/c1-6-16(18(20)22-13-11-15(4)5)8-7-9-17(19)21-12-10-14(2)3/h14-16H,6-13H2,1-5H3. The smallest absolute Gasteiger partial charge is 0.308 e. The van der Waals surface area contributed by atoms with Crippen molar-refractivity contribution in [3.05, 3.63) is 0 Å². The number of hydrogen-bond donors (Lipinski definition) is 0. The Hall–Kier alpha value is -1.06. The summed E-state index contributed by atoms with van der Waals surface area (Å²) in [4.78, 5) is 23.5. The van der Waals surface area contributed by atoms with Crippen LogP contribution >= 0.6 is 0 Å². The highest BCUT2D eigenvalue weighted by atomic mass is 16.5. The van der Waals surface area contributed by atoms with Crippen LogP contribution < -0.4 is 0 Å². The van der Waals surface area contributed by atoms with Gasteiger partial charge in [-0.15, -0.1) is 0 Å². The molecule has 4 nitrogen and oxygen atoms in total. The van der Waals surface area contributed by atoms with E-state index in [1.807, 2.05) is 6.92 Å². The first-order chi connectivity index (χ1) is 10.4. The van der Waals surface area contributed by atoms with Crippen molar-refractivity contribution in [2.24, 2.45) is 17.8 Å². The molecule has 0 heterocycles. The third kappa shape index (κ3) is 11.6. The highest BCUT2D eigenvalue weighted by molar-refractivity contribution is 5.72. The van der Waals surface area contributed by atoms with Crippen LogP contribution in [-0.4, -0.2) is 25.2 Å². The zero-order valence-corrected chi connectivity index (χ0v) is 15.0. The Bertz CT molecular complexity index is 310. The van der Waals surface area contributed by atoms with Crippen molar-refractivity contribution in [1.82, 2.24) is 0 Å². The molecule has 0 aliphatic rings. The van der Waals surface area contributed by atoms with E-state index in [0.717, 1.165) is 19.3 Å². The van der Waals surface area contributed by atoms with Crippen LogP contribution in [0.15, 0.2) is 0 Å². The minimum atomic E-state index is -0.163. The van der Waals surface area contributed by atoms with E-state index < -0.39 is 0 Å². The van der Waals surface area contributed by atoms with Gasteiger partial charge in [-0.05, 0) is 43.9 Å². The topological polar surface area (TPSA) is 52.6 Å². The van der Waals surface area contributed by atoms with Crippen LogP contribution in [0.3, 0.4) is 0 Å². The summed E-state index contributed by atoms with van der Waals surface area (Å²) < 4.78 is 10.5. The second-order valence-electron chi connectivity index (χ2n) is 6.75. The summed E-state index contributed by atoms with van der Waals surface area (Å²) in [7, 11) is 0. The molecule has 1 unspecified atom stereocenters. The number of carbonyl (C=O) groups is 2. The molecule has 130 valence electrons. The van der Waals surface area contributed by atoms with Crippen molar-refractivity contribution >= 4 is 11.9 Å². The molecule has 1 atom stereocenters. The molecule has 0 aromatic rings. The predicted octanol–water partition coefficient (Wildman–Crippen LogP) is 4.36. The highest BCUT2D eigenvalue weighted by Crippen LogP contribution is 2.15. The van der Waals surface area contributed by atoms with E-state index in [9.17, 15) is 9.59 Å². The largest absolute Gasteiger partial charge is 0.466 e. The van der Waals surface area contributed by atoms with E-state index >= 15 is 0 Å². The summed E-state index contributed by atoms with van der Waals surface area (Å²) in [6, 6.07) is 0. The van der Waals surface area contributed by atoms with Crippen LogP contribution in [0.1, 0.15) is 73.1 Å². The molecule has 0 fully saturated rings. The molecular weight excluding hydrogens is 280 g/mol. The summed E-state index contributed by atoms with van der Waals surface area (Å²) >= 11 is 0. The normalized spacial score (nSPS) is 12.5. The van der Waals surface area contributed by atoms with Gasteiger partial charge >= 0.3 is 11.9 Å². The van der Waals surface area contributed by atoms with Gasteiger partial charge in [-0.25, -0.2) is 0 Å². The third-order valence-corrected chi connectivity index (χ3v) is 3.66. The van der Waals surface area contributed by atoms with Gasteiger partial charge in [0.05, 0.1) is 19.1 Å². The van der Waals surface area contributed by atoms with Crippen LogP contribution in [0.25, 0.3) is 0 Å². The lowest BCUT2D eigenvalue weighted by Crippen LogP contribution is -2.19. The minimum Gasteiger partial charge on any atom is -0.466 e. The maximum absolute atomic E-state index is 11.9. The van der Waals surface area contributed by atoms with Crippen molar-refractivity contribution in [3.8, 4) is 0 Å². The van der Waals surface area contributed by atoms with Gasteiger partial charge < -0.3 is 9.47 Å². The zero-order valence-electron chi connectivity index (χ0n) is 15.0. The molecule has 0 radical (unpaired) electrons. The lowest BCUT2D eigenvalue weighted by Gasteiger charge is -2.14. The maximum Gasteiger partial charge on any atom is 0.308 e. The Labute approximate surface area is 135 Å². The average Bonchev–Trinajstić information content (AvgIpc) is 2.42. The molecule has 0 aromatic carbocycles. The first kappa shape index (κ1) is 20.9. The molecule has 0 aromatic heterocycles. The van der Waals surface area contributed by atoms with E-state index in [0.29, 0.717) is 44.3 Å². The molecule has 0 bridgehead atoms. The van der Waals surface area contributed by atoms with Gasteiger partial charge in [-0.1, -0.05) is 34.6 Å². The first-order valence-electron chi connectivity index (χ1n) is 8.69. The summed E-state index contributed by atoms with van der Waals surface area (Å²) in [5.41, 5.74) is 0. The molecule has 4 heteroatoms. The molecule has 22 heavy (non-hydrogen) atoms. The Morgan fingerprint density at radius 3 is 1.91 bits per heavy atom. The van der Waals surface area contributed by atoms with Gasteiger partial charge in [0, 0.05) is 6.42 Å². The number of carbonyl (C=O) groups excluding carboxylic acids is 2. The van der Waals surface area contributed by atoms with Crippen molar-refractivity contribution in [3.63, 3.8) is 0 Å². The van der Waals surface area contributed by atoms with E-state index in [2.05, 4.69) is 27.7 Å². The summed E-state index contributed by atoms with van der Waals surface area (Å²) in [5.74, 6) is 0.682. The van der Waals surface area contributed by atoms with Gasteiger partial charge in [0.1, 0.15) is 0 Å². The van der Waals surface area contributed by atoms with Gasteiger partial charge in [0.2, 0.25) is 0 Å². The summed E-state index contributed by atoms with van der Waals surface area (Å²) in [5, 5.41) is 0. The molecule has 0 saturated heterocycles. The fraction of sp³-hybridized carbons (Fsp3) is 0.889. The van der Waals surface area contributed by atoms with Gasteiger partial charge in [-0.2, -0.15) is 0 Å². The van der Waals surface area contributed by atoms with Crippen LogP contribution in [0, 0.1) is 17.8 Å². The second kappa shape index (κ2) is 12.5. The van der Waals surface area contributed by atoms with Crippen molar-refractivity contribution in [2.75, 3.05) is 13.2 Å². The Morgan fingerprint density at radius 2 is 1.41 bits per heavy atom. The molecule has 0 spiro atoms. The summed E-state index contributed by atoms with van der Waals surface area (Å²) in [6.45, 7) is 11.4. The molecule has 0 rings (SSSR count). The number of rotatable bonds is 12. The lowest BCUT2D eigenvalue weighted by atomic mass is 9.99. The van der Waals surface area contributed by atoms with Crippen LogP contribution in [0.5, 0.6) is 0 Å². The Balaban J connectivity index is 3.84. The van der Waals surface area contributed by atoms with Crippen molar-refractivity contribution in [1.29, 1.82) is 0 Å². The maximum atomic E-state index is 11.9. The quantitative estimate of drug-likeness (QED) is 0.502. The lowest BCUT2D eigenvalue weighted by molar-refractivity contribution is -0.150. The van der Waals surface area contributed by atoms with E-state index in [1.54, 1.807) is 0 Å². The fourth-order valence-electron chi connectivity index (χ4n) is 1.98. The molecular formula is C18H34O4. The van der Waals surface area contributed by atoms with Crippen LogP contribution in [-0.2, 0) is 19.1 Å². The zero-order chi connectivity index (χ0) is 17.0. The number of ether oxygens (including phenoxy) is 2. The Kier molecular flexibility index (Phi) is 11.9. The molecule has 0 N–H and O–H groups in total. The molecule has 0 saturated carbocycles. The second-order valence-corrected chi connectivity index (χ2v) is 6.75. The Morgan fingerprint density at radius 1 is 0.864 bits per heavy atom. The molecule has 0 aliphatic heterocycles. The van der Waals surface area contributed by atoms with Crippen molar-refractivity contribution in [2.45, 2.75) is 73.1 Å². The SMILES string of the molecule is CCC(CCCC(=O)OCCC(C)C)C(=O)OCCC(C)C.